The fraction of sp³-hybridized carbons (Fsp3) is 0.267. The third-order valence-electron chi connectivity index (χ3n) is 2.82. The number of rotatable bonds is 5. The fourth-order valence-corrected chi connectivity index (χ4v) is 2.59. The van der Waals surface area contributed by atoms with E-state index in [1.54, 1.807) is 18.4 Å². The van der Waals surface area contributed by atoms with Crippen molar-refractivity contribution in [3.63, 3.8) is 0 Å². The summed E-state index contributed by atoms with van der Waals surface area (Å²) in [4.78, 5) is 13.3. The molecule has 2 aromatic rings. The van der Waals surface area contributed by atoms with Crippen LogP contribution in [-0.2, 0) is 11.3 Å². The summed E-state index contributed by atoms with van der Waals surface area (Å²) < 4.78 is 5.07. The van der Waals surface area contributed by atoms with Gasteiger partial charge in [-0.2, -0.15) is 0 Å². The summed E-state index contributed by atoms with van der Waals surface area (Å²) >= 11 is 1.64. The molecular formula is C15H17NO2S. The monoisotopic (exact) mass is 275 g/mol. The molecule has 1 atom stereocenters. The van der Waals surface area contributed by atoms with Crippen LogP contribution in [0, 0.1) is 0 Å². The molecule has 1 aromatic heterocycles. The van der Waals surface area contributed by atoms with Crippen molar-refractivity contribution in [2.24, 2.45) is 0 Å². The molecule has 0 saturated carbocycles. The lowest BCUT2D eigenvalue weighted by atomic mass is 10.1. The predicted molar refractivity (Wildman–Crippen MR) is 77.4 cm³/mol. The largest absolute Gasteiger partial charge is 0.380 e. The first-order chi connectivity index (χ1) is 9.20. The summed E-state index contributed by atoms with van der Waals surface area (Å²) in [5.74, 6) is -0.0566. The molecule has 1 aromatic carbocycles. The summed E-state index contributed by atoms with van der Waals surface area (Å²) in [7, 11) is 1.64. The molecule has 1 amide bonds. The Balaban J connectivity index is 2.05. The summed E-state index contributed by atoms with van der Waals surface area (Å²) in [6, 6.07) is 11.5. The Labute approximate surface area is 117 Å². The molecule has 0 aliphatic rings. The zero-order chi connectivity index (χ0) is 13.7. The molecule has 0 spiro atoms. The fourth-order valence-electron chi connectivity index (χ4n) is 1.86. The van der Waals surface area contributed by atoms with Crippen molar-refractivity contribution in [3.05, 3.63) is 57.8 Å². The second kappa shape index (κ2) is 6.50. The number of carbonyl (C=O) groups excluding carboxylic acids is 1. The molecule has 0 fully saturated rings. The summed E-state index contributed by atoms with van der Waals surface area (Å²) in [6.45, 7) is 2.50. The van der Waals surface area contributed by atoms with Crippen molar-refractivity contribution in [2.75, 3.05) is 7.11 Å². The van der Waals surface area contributed by atoms with Gasteiger partial charge in [-0.05, 0) is 36.1 Å². The van der Waals surface area contributed by atoms with E-state index in [4.69, 9.17) is 4.74 Å². The van der Waals surface area contributed by atoms with Crippen molar-refractivity contribution in [1.29, 1.82) is 0 Å². The number of methoxy groups -OCH3 is 1. The number of carbonyl (C=O) groups is 1. The molecule has 0 aliphatic carbocycles. The molecule has 0 aliphatic heterocycles. The molecule has 4 heteroatoms. The maximum atomic E-state index is 12.2. The van der Waals surface area contributed by atoms with Crippen molar-refractivity contribution >= 4 is 17.2 Å². The van der Waals surface area contributed by atoms with E-state index >= 15 is 0 Å². The number of nitrogens with one attached hydrogen (secondary N) is 1. The summed E-state index contributed by atoms with van der Waals surface area (Å²) in [5.41, 5.74) is 1.66. The van der Waals surface area contributed by atoms with E-state index in [-0.39, 0.29) is 11.9 Å². The van der Waals surface area contributed by atoms with Gasteiger partial charge in [0.1, 0.15) is 0 Å². The van der Waals surface area contributed by atoms with Gasteiger partial charge < -0.3 is 10.1 Å². The number of thiophene rings is 1. The number of ether oxygens (including phenoxy) is 1. The highest BCUT2D eigenvalue weighted by atomic mass is 32.1. The number of amides is 1. The summed E-state index contributed by atoms with van der Waals surface area (Å²) in [6.07, 6.45) is 0. The molecule has 0 radical (unpaired) electrons. The van der Waals surface area contributed by atoms with Crippen LogP contribution in [0.15, 0.2) is 41.8 Å². The molecule has 3 nitrogen and oxygen atoms in total. The third kappa shape index (κ3) is 3.66. The Morgan fingerprint density at radius 3 is 2.89 bits per heavy atom. The average molecular weight is 275 g/mol. The lowest BCUT2D eigenvalue weighted by Crippen LogP contribution is -2.26. The van der Waals surface area contributed by atoms with Gasteiger partial charge in [0.15, 0.2) is 0 Å². The Hall–Kier alpha value is -1.65. The standard InChI is InChI=1S/C15H17NO2S/c1-11(14-7-4-8-19-14)16-15(17)13-6-3-5-12(9-13)10-18-2/h3-9,11H,10H2,1-2H3,(H,16,17)/t11-/m0/s1. The highest BCUT2D eigenvalue weighted by Crippen LogP contribution is 2.18. The minimum Gasteiger partial charge on any atom is -0.380 e. The van der Waals surface area contributed by atoms with Crippen molar-refractivity contribution in [3.8, 4) is 0 Å². The Morgan fingerprint density at radius 1 is 1.37 bits per heavy atom. The number of benzene rings is 1. The number of hydrogen-bond donors (Lipinski definition) is 1. The van der Waals surface area contributed by atoms with E-state index in [2.05, 4.69) is 5.32 Å². The normalized spacial score (nSPS) is 12.1. The topological polar surface area (TPSA) is 38.3 Å². The zero-order valence-corrected chi connectivity index (χ0v) is 11.9. The van der Waals surface area contributed by atoms with Gasteiger partial charge in [-0.1, -0.05) is 18.2 Å². The van der Waals surface area contributed by atoms with E-state index in [1.807, 2.05) is 48.7 Å². The Bertz CT molecular complexity index is 537. The van der Waals surface area contributed by atoms with Gasteiger partial charge in [-0.25, -0.2) is 0 Å². The van der Waals surface area contributed by atoms with Crippen LogP contribution in [0.1, 0.15) is 33.8 Å². The van der Waals surface area contributed by atoms with Crippen molar-refractivity contribution in [1.82, 2.24) is 5.32 Å². The Kier molecular flexibility index (Phi) is 4.71. The molecule has 0 unspecified atom stereocenters. The maximum Gasteiger partial charge on any atom is 0.251 e. The molecular weight excluding hydrogens is 258 g/mol. The van der Waals surface area contributed by atoms with E-state index in [9.17, 15) is 4.79 Å². The van der Waals surface area contributed by atoms with Gasteiger partial charge in [-0.3, -0.25) is 4.79 Å². The van der Waals surface area contributed by atoms with Crippen LogP contribution in [0.3, 0.4) is 0 Å². The van der Waals surface area contributed by atoms with Gasteiger partial charge >= 0.3 is 0 Å². The highest BCUT2D eigenvalue weighted by molar-refractivity contribution is 7.10. The predicted octanol–water partition coefficient (Wildman–Crippen LogP) is 3.39. The van der Waals surface area contributed by atoms with Crippen LogP contribution in [0.5, 0.6) is 0 Å². The van der Waals surface area contributed by atoms with Gasteiger partial charge in [-0.15, -0.1) is 11.3 Å². The molecule has 0 saturated heterocycles. The zero-order valence-electron chi connectivity index (χ0n) is 11.1. The van der Waals surface area contributed by atoms with Crippen LogP contribution < -0.4 is 5.32 Å². The first-order valence-corrected chi connectivity index (χ1v) is 7.01. The highest BCUT2D eigenvalue weighted by Gasteiger charge is 2.12. The van der Waals surface area contributed by atoms with E-state index in [1.165, 1.54) is 0 Å². The lowest BCUT2D eigenvalue weighted by molar-refractivity contribution is 0.0940. The van der Waals surface area contributed by atoms with E-state index in [0.29, 0.717) is 12.2 Å². The van der Waals surface area contributed by atoms with Gasteiger partial charge in [0.25, 0.3) is 5.91 Å². The molecule has 19 heavy (non-hydrogen) atoms. The lowest BCUT2D eigenvalue weighted by Gasteiger charge is -2.12. The molecule has 0 bridgehead atoms. The van der Waals surface area contributed by atoms with Gasteiger partial charge in [0.2, 0.25) is 0 Å². The van der Waals surface area contributed by atoms with Crippen LogP contribution >= 0.6 is 11.3 Å². The van der Waals surface area contributed by atoms with Crippen LogP contribution in [0.2, 0.25) is 0 Å². The first kappa shape index (κ1) is 13.8. The van der Waals surface area contributed by atoms with Crippen LogP contribution in [0.25, 0.3) is 0 Å². The molecule has 1 N–H and O–H groups in total. The quantitative estimate of drug-likeness (QED) is 0.908. The molecule has 2 rings (SSSR count). The molecule has 1 heterocycles. The average Bonchev–Trinajstić information content (AvgIpc) is 2.93. The van der Waals surface area contributed by atoms with E-state index < -0.39 is 0 Å². The third-order valence-corrected chi connectivity index (χ3v) is 3.87. The maximum absolute atomic E-state index is 12.2. The smallest absolute Gasteiger partial charge is 0.251 e. The van der Waals surface area contributed by atoms with Crippen molar-refractivity contribution in [2.45, 2.75) is 19.6 Å². The Morgan fingerprint density at radius 2 is 2.21 bits per heavy atom. The second-order valence-corrected chi connectivity index (χ2v) is 5.32. The number of hydrogen-bond acceptors (Lipinski definition) is 3. The van der Waals surface area contributed by atoms with Crippen LogP contribution in [0.4, 0.5) is 0 Å². The minimum atomic E-state index is -0.0566. The summed E-state index contributed by atoms with van der Waals surface area (Å²) in [5, 5.41) is 5.01. The van der Waals surface area contributed by atoms with Gasteiger partial charge in [0.05, 0.1) is 12.6 Å². The SMILES string of the molecule is COCc1cccc(C(=O)N[C@@H](C)c2cccs2)c1. The second-order valence-electron chi connectivity index (χ2n) is 4.34. The van der Waals surface area contributed by atoms with E-state index in [0.717, 1.165) is 10.4 Å². The minimum absolute atomic E-state index is 0.0265. The van der Waals surface area contributed by atoms with Crippen molar-refractivity contribution < 1.29 is 9.53 Å². The first-order valence-electron chi connectivity index (χ1n) is 6.13. The van der Waals surface area contributed by atoms with Crippen LogP contribution in [-0.4, -0.2) is 13.0 Å². The molecule has 100 valence electrons. The van der Waals surface area contributed by atoms with Gasteiger partial charge in [0, 0.05) is 17.6 Å².